The fourth-order valence-corrected chi connectivity index (χ4v) is 3.71. The summed E-state index contributed by atoms with van der Waals surface area (Å²) in [5, 5.41) is 11.6. The van der Waals surface area contributed by atoms with Crippen LogP contribution in [0, 0.1) is 5.41 Å². The Labute approximate surface area is 175 Å². The standard InChI is InChI=1S/C16H9BrCl2N4O3S/c17-11-4-3-10(26-11)14(24)21-12-13(20)22-16(23-15(12)25)27-6-7-1-2-8(18)5-9(7)19/h1-5H,6H2,(H2,20,22,23,25). The van der Waals surface area contributed by atoms with E-state index in [0.717, 1.165) is 5.56 Å². The van der Waals surface area contributed by atoms with E-state index in [0.29, 0.717) is 20.5 Å². The molecule has 2 N–H and O–H groups in total. The van der Waals surface area contributed by atoms with Crippen LogP contribution < -0.4 is 5.32 Å². The van der Waals surface area contributed by atoms with Gasteiger partial charge in [-0.05, 0) is 45.8 Å². The third-order valence-electron chi connectivity index (χ3n) is 3.25. The smallest absolute Gasteiger partial charge is 0.313 e. The van der Waals surface area contributed by atoms with Crippen LogP contribution >= 0.6 is 50.9 Å². The molecular weight excluding hydrogens is 479 g/mol. The van der Waals surface area contributed by atoms with E-state index in [4.69, 9.17) is 33.0 Å². The maximum absolute atomic E-state index is 12.2. The Morgan fingerprint density at radius 1 is 1.33 bits per heavy atom. The first-order valence-electron chi connectivity index (χ1n) is 7.27. The predicted molar refractivity (Wildman–Crippen MR) is 109 cm³/mol. The van der Waals surface area contributed by atoms with Crippen LogP contribution in [0.4, 0.5) is 0 Å². The number of nitrogens with zero attached hydrogens (tertiary/aromatic N) is 2. The molecule has 0 fully saturated rings. The molecule has 1 aliphatic rings. The highest BCUT2D eigenvalue weighted by molar-refractivity contribution is 9.10. The molecule has 2 heterocycles. The zero-order valence-corrected chi connectivity index (χ0v) is 17.2. The highest BCUT2D eigenvalue weighted by Crippen LogP contribution is 2.25. The van der Waals surface area contributed by atoms with Gasteiger partial charge >= 0.3 is 5.91 Å². The van der Waals surface area contributed by atoms with E-state index < -0.39 is 17.6 Å². The number of hydrogen-bond acceptors (Lipinski definition) is 5. The van der Waals surface area contributed by atoms with Crippen molar-refractivity contribution in [3.8, 4) is 0 Å². The molecule has 1 aliphatic heterocycles. The normalized spacial score (nSPS) is 15.7. The number of benzene rings is 1. The summed E-state index contributed by atoms with van der Waals surface area (Å²) in [5.41, 5.74) is 0.411. The van der Waals surface area contributed by atoms with Gasteiger partial charge in [0, 0.05) is 15.8 Å². The number of nitrogens with one attached hydrogen (secondary N) is 2. The first-order valence-corrected chi connectivity index (χ1v) is 9.81. The fourth-order valence-electron chi connectivity index (χ4n) is 1.99. The Morgan fingerprint density at radius 2 is 2.11 bits per heavy atom. The van der Waals surface area contributed by atoms with Gasteiger partial charge in [-0.15, -0.1) is 0 Å². The quantitative estimate of drug-likeness (QED) is 0.671. The van der Waals surface area contributed by atoms with Gasteiger partial charge in [-0.1, -0.05) is 41.0 Å². The summed E-state index contributed by atoms with van der Waals surface area (Å²) in [5.74, 6) is -1.54. The molecular formula is C16H9BrCl2N4O3S. The summed E-state index contributed by atoms with van der Waals surface area (Å²) >= 11 is 16.2. The highest BCUT2D eigenvalue weighted by atomic mass is 79.9. The number of furan rings is 1. The Morgan fingerprint density at radius 3 is 2.74 bits per heavy atom. The van der Waals surface area contributed by atoms with Crippen molar-refractivity contribution in [3.63, 3.8) is 0 Å². The van der Waals surface area contributed by atoms with Gasteiger partial charge in [-0.3, -0.25) is 20.3 Å². The van der Waals surface area contributed by atoms with Crippen LogP contribution in [0.5, 0.6) is 0 Å². The molecule has 0 saturated carbocycles. The lowest BCUT2D eigenvalue weighted by Crippen LogP contribution is -2.43. The Kier molecular flexibility index (Phi) is 6.15. The van der Waals surface area contributed by atoms with Crippen molar-refractivity contribution < 1.29 is 14.0 Å². The molecule has 27 heavy (non-hydrogen) atoms. The third kappa shape index (κ3) is 4.86. The molecule has 0 spiro atoms. The van der Waals surface area contributed by atoms with E-state index in [1.54, 1.807) is 18.2 Å². The number of rotatable bonds is 3. The SMILES string of the molecule is N=C1N=C(SCc2ccc(Cl)cc2Cl)NC(=O)C1=NC(=O)c1ccc(Br)o1. The Bertz CT molecular complexity index is 1020. The lowest BCUT2D eigenvalue weighted by Gasteiger charge is -2.15. The van der Waals surface area contributed by atoms with Crippen LogP contribution in [-0.4, -0.2) is 28.5 Å². The lowest BCUT2D eigenvalue weighted by molar-refractivity contribution is -0.113. The summed E-state index contributed by atoms with van der Waals surface area (Å²) < 4.78 is 5.44. The second kappa shape index (κ2) is 8.39. The van der Waals surface area contributed by atoms with Crippen molar-refractivity contribution in [1.29, 1.82) is 5.41 Å². The number of halogens is 3. The van der Waals surface area contributed by atoms with Crippen molar-refractivity contribution >= 4 is 79.4 Å². The molecule has 138 valence electrons. The molecule has 11 heteroatoms. The monoisotopic (exact) mass is 486 g/mol. The Balaban J connectivity index is 1.72. The zero-order valence-electron chi connectivity index (χ0n) is 13.3. The summed E-state index contributed by atoms with van der Waals surface area (Å²) in [6, 6.07) is 8.01. The molecule has 7 nitrogen and oxygen atoms in total. The van der Waals surface area contributed by atoms with E-state index >= 15 is 0 Å². The van der Waals surface area contributed by atoms with Crippen LogP contribution in [0.1, 0.15) is 16.1 Å². The molecule has 0 atom stereocenters. The molecule has 0 unspecified atom stereocenters. The van der Waals surface area contributed by atoms with Crippen molar-refractivity contribution in [2.24, 2.45) is 9.98 Å². The van der Waals surface area contributed by atoms with E-state index in [9.17, 15) is 9.59 Å². The lowest BCUT2D eigenvalue weighted by atomic mass is 10.2. The summed E-state index contributed by atoms with van der Waals surface area (Å²) in [4.78, 5) is 31.8. The number of hydrogen-bond donors (Lipinski definition) is 2. The maximum Gasteiger partial charge on any atom is 0.313 e. The maximum atomic E-state index is 12.2. The predicted octanol–water partition coefficient (Wildman–Crippen LogP) is 4.33. The van der Waals surface area contributed by atoms with E-state index in [-0.39, 0.29) is 16.6 Å². The Hall–Kier alpha value is -1.94. The van der Waals surface area contributed by atoms with Crippen molar-refractivity contribution in [3.05, 3.63) is 56.4 Å². The topological polar surface area (TPSA) is 108 Å². The van der Waals surface area contributed by atoms with Gasteiger partial charge in [-0.2, -0.15) is 4.99 Å². The number of carbonyl (C=O) groups excluding carboxylic acids is 2. The molecule has 1 aromatic carbocycles. The van der Waals surface area contributed by atoms with Crippen LogP contribution in [0.25, 0.3) is 0 Å². The molecule has 3 rings (SSSR count). The van der Waals surface area contributed by atoms with E-state index in [1.165, 1.54) is 23.9 Å². The molecule has 0 saturated heterocycles. The number of amides is 2. The van der Waals surface area contributed by atoms with Gasteiger partial charge in [0.25, 0.3) is 5.91 Å². The van der Waals surface area contributed by atoms with Crippen LogP contribution in [-0.2, 0) is 10.5 Å². The molecule has 2 aromatic rings. The van der Waals surface area contributed by atoms with Crippen molar-refractivity contribution in [1.82, 2.24) is 5.32 Å². The molecule has 2 amide bonds. The van der Waals surface area contributed by atoms with Gasteiger partial charge in [0.2, 0.25) is 0 Å². The largest absolute Gasteiger partial charge is 0.444 e. The summed E-state index contributed by atoms with van der Waals surface area (Å²) in [7, 11) is 0. The number of carbonyl (C=O) groups is 2. The van der Waals surface area contributed by atoms with Gasteiger partial charge in [-0.25, -0.2) is 4.99 Å². The van der Waals surface area contributed by atoms with Gasteiger partial charge in [0.15, 0.2) is 27.1 Å². The molecule has 0 radical (unpaired) electrons. The number of amidine groups is 2. The van der Waals surface area contributed by atoms with E-state index in [2.05, 4.69) is 31.2 Å². The average Bonchev–Trinajstić information content (AvgIpc) is 3.04. The second-order valence-electron chi connectivity index (χ2n) is 5.11. The van der Waals surface area contributed by atoms with Crippen LogP contribution in [0.3, 0.4) is 0 Å². The third-order valence-corrected chi connectivity index (χ3v) is 5.19. The molecule has 0 bridgehead atoms. The first kappa shape index (κ1) is 19.8. The molecule has 0 aliphatic carbocycles. The van der Waals surface area contributed by atoms with Gasteiger partial charge < -0.3 is 4.42 Å². The van der Waals surface area contributed by atoms with Gasteiger partial charge in [0.05, 0.1) is 0 Å². The minimum Gasteiger partial charge on any atom is -0.444 e. The van der Waals surface area contributed by atoms with Crippen LogP contribution in [0.15, 0.2) is 49.4 Å². The summed E-state index contributed by atoms with van der Waals surface area (Å²) in [6.07, 6.45) is 0. The molecule has 1 aromatic heterocycles. The second-order valence-corrected chi connectivity index (χ2v) is 7.70. The zero-order chi connectivity index (χ0) is 19.6. The van der Waals surface area contributed by atoms with Crippen molar-refractivity contribution in [2.75, 3.05) is 0 Å². The number of aliphatic imine (C=N–C) groups is 2. The number of thioether (sulfide) groups is 1. The van der Waals surface area contributed by atoms with Gasteiger partial charge in [0.1, 0.15) is 0 Å². The van der Waals surface area contributed by atoms with Crippen molar-refractivity contribution in [2.45, 2.75) is 5.75 Å². The minimum absolute atomic E-state index is 0.0588. The van der Waals surface area contributed by atoms with Crippen LogP contribution in [0.2, 0.25) is 10.0 Å². The fraction of sp³-hybridized carbons (Fsp3) is 0.0625. The average molecular weight is 488 g/mol. The first-order chi connectivity index (χ1) is 12.8. The summed E-state index contributed by atoms with van der Waals surface area (Å²) in [6.45, 7) is 0. The highest BCUT2D eigenvalue weighted by Gasteiger charge is 2.26. The minimum atomic E-state index is -0.783. The van der Waals surface area contributed by atoms with E-state index in [1.807, 2.05) is 0 Å².